The Bertz CT molecular complexity index is 1120. The zero-order valence-electron chi connectivity index (χ0n) is 17.6. The minimum atomic E-state index is -0.954. The summed E-state index contributed by atoms with van der Waals surface area (Å²) in [6, 6.07) is 4.31. The third-order valence-corrected chi connectivity index (χ3v) is 5.92. The van der Waals surface area contributed by atoms with E-state index in [0.717, 1.165) is 41.1 Å². The molecule has 1 aliphatic carbocycles. The molecule has 2 aromatic rings. The Balaban J connectivity index is 1.85. The fourth-order valence-corrected chi connectivity index (χ4v) is 3.97. The second-order valence-electron chi connectivity index (χ2n) is 8.03. The molecule has 1 saturated carbocycles. The second-order valence-corrected chi connectivity index (χ2v) is 8.44. The molecule has 2 amide bonds. The number of nitrogens with zero attached hydrogens (tertiary/aromatic N) is 3. The van der Waals surface area contributed by atoms with Crippen molar-refractivity contribution in [3.8, 4) is 5.69 Å². The third-order valence-electron chi connectivity index (χ3n) is 5.59. The number of carbonyl (C=O) groups excluding carboxylic acids is 2. The summed E-state index contributed by atoms with van der Waals surface area (Å²) in [4.78, 5) is 48.5. The first-order valence-electron chi connectivity index (χ1n) is 10.5. The first kappa shape index (κ1) is 23.7. The summed E-state index contributed by atoms with van der Waals surface area (Å²) in [5.41, 5.74) is 3.02. The van der Waals surface area contributed by atoms with E-state index in [2.05, 4.69) is 10.4 Å². The summed E-state index contributed by atoms with van der Waals surface area (Å²) >= 11 is 6.20. The molecule has 11 heteroatoms. The number of amides is 2. The molecule has 1 aliphatic rings. The number of halogens is 1. The molecule has 0 atom stereocenters. The van der Waals surface area contributed by atoms with Crippen LogP contribution in [0.2, 0.25) is 5.02 Å². The smallest absolute Gasteiger partial charge is 0.352 e. The molecule has 0 bridgehead atoms. The van der Waals surface area contributed by atoms with Crippen molar-refractivity contribution < 1.29 is 14.7 Å². The first-order valence-corrected chi connectivity index (χ1v) is 10.9. The molecule has 0 spiro atoms. The van der Waals surface area contributed by atoms with Gasteiger partial charge in [-0.1, -0.05) is 37.3 Å². The number of carbonyl (C=O) groups is 2. The van der Waals surface area contributed by atoms with Gasteiger partial charge in [-0.25, -0.2) is 4.79 Å². The molecule has 1 aromatic carbocycles. The highest BCUT2D eigenvalue weighted by molar-refractivity contribution is 6.33. The van der Waals surface area contributed by atoms with E-state index in [1.54, 1.807) is 0 Å². The largest absolute Gasteiger partial charge is 0.388 e. The highest BCUT2D eigenvalue weighted by Gasteiger charge is 2.28. The van der Waals surface area contributed by atoms with E-state index in [0.29, 0.717) is 12.8 Å². The summed E-state index contributed by atoms with van der Waals surface area (Å²) in [7, 11) is 0. The number of rotatable bonds is 7. The second kappa shape index (κ2) is 10.1. The minimum absolute atomic E-state index is 0.0998. The highest BCUT2D eigenvalue weighted by atomic mass is 35.5. The maximum absolute atomic E-state index is 12.8. The summed E-state index contributed by atoms with van der Waals surface area (Å²) < 4.78 is 1.78. The van der Waals surface area contributed by atoms with E-state index in [1.807, 2.05) is 0 Å². The molecule has 4 N–H and O–H groups in total. The standard InChI is InChI=1S/C21H26ClN5O5/c22-16-6-5-14(27-20(31)26(10-7-17(23)28)18(29)12-25-27)11-15(16)19(30)24-13-21(32)8-3-1-2-4-9-21/h5-6,11-12,32H,1-4,7-10,13H2,(H2,23,28)(H,24,30). The van der Waals surface area contributed by atoms with Gasteiger partial charge < -0.3 is 16.2 Å². The van der Waals surface area contributed by atoms with Crippen LogP contribution in [0.4, 0.5) is 0 Å². The molecule has 3 rings (SSSR count). The van der Waals surface area contributed by atoms with E-state index in [4.69, 9.17) is 17.3 Å². The fraction of sp³-hybridized carbons (Fsp3) is 0.476. The van der Waals surface area contributed by atoms with Gasteiger partial charge in [0.25, 0.3) is 11.5 Å². The first-order chi connectivity index (χ1) is 15.2. The quantitative estimate of drug-likeness (QED) is 0.515. The Morgan fingerprint density at radius 1 is 1.19 bits per heavy atom. The van der Waals surface area contributed by atoms with Gasteiger partial charge in [-0.3, -0.25) is 19.0 Å². The number of benzene rings is 1. The van der Waals surface area contributed by atoms with Crippen molar-refractivity contribution in [2.24, 2.45) is 5.73 Å². The number of aliphatic hydroxyl groups is 1. The topological polar surface area (TPSA) is 149 Å². The van der Waals surface area contributed by atoms with Gasteiger partial charge in [-0.2, -0.15) is 9.78 Å². The molecule has 0 radical (unpaired) electrons. The maximum Gasteiger partial charge on any atom is 0.352 e. The van der Waals surface area contributed by atoms with Gasteiger partial charge in [0.2, 0.25) is 5.91 Å². The van der Waals surface area contributed by atoms with Crippen LogP contribution in [0.25, 0.3) is 5.69 Å². The molecule has 1 fully saturated rings. The third kappa shape index (κ3) is 5.63. The van der Waals surface area contributed by atoms with Crippen LogP contribution in [-0.4, -0.2) is 43.4 Å². The zero-order valence-corrected chi connectivity index (χ0v) is 18.3. The van der Waals surface area contributed by atoms with Crippen LogP contribution < -0.4 is 22.3 Å². The Labute approximate surface area is 189 Å². The summed E-state index contributed by atoms with van der Waals surface area (Å²) in [6.45, 7) is -0.0857. The van der Waals surface area contributed by atoms with E-state index in [9.17, 15) is 24.3 Å². The summed E-state index contributed by atoms with van der Waals surface area (Å²) in [6.07, 6.45) is 5.93. The molecular weight excluding hydrogens is 438 g/mol. The predicted molar refractivity (Wildman–Crippen MR) is 118 cm³/mol. The number of hydrogen-bond acceptors (Lipinski definition) is 6. The Morgan fingerprint density at radius 2 is 1.88 bits per heavy atom. The molecule has 1 aromatic heterocycles. The lowest BCUT2D eigenvalue weighted by Crippen LogP contribution is -2.42. The highest BCUT2D eigenvalue weighted by Crippen LogP contribution is 2.26. The van der Waals surface area contributed by atoms with Crippen molar-refractivity contribution in [2.75, 3.05) is 6.54 Å². The average molecular weight is 464 g/mol. The van der Waals surface area contributed by atoms with Gasteiger partial charge in [0.15, 0.2) is 0 Å². The number of aromatic nitrogens is 3. The maximum atomic E-state index is 12.8. The van der Waals surface area contributed by atoms with Crippen LogP contribution >= 0.6 is 11.6 Å². The lowest BCUT2D eigenvalue weighted by atomic mass is 9.94. The number of nitrogens with one attached hydrogen (secondary N) is 1. The van der Waals surface area contributed by atoms with Gasteiger partial charge in [-0.05, 0) is 31.0 Å². The molecule has 32 heavy (non-hydrogen) atoms. The number of hydrogen-bond donors (Lipinski definition) is 3. The van der Waals surface area contributed by atoms with Gasteiger partial charge in [0, 0.05) is 19.5 Å². The van der Waals surface area contributed by atoms with Crippen LogP contribution in [0.15, 0.2) is 34.0 Å². The van der Waals surface area contributed by atoms with Crippen molar-refractivity contribution in [1.29, 1.82) is 0 Å². The van der Waals surface area contributed by atoms with Crippen LogP contribution in [-0.2, 0) is 11.3 Å². The lowest BCUT2D eigenvalue weighted by Gasteiger charge is -2.26. The molecular formula is C21H26ClN5O5. The average Bonchev–Trinajstić information content (AvgIpc) is 2.97. The van der Waals surface area contributed by atoms with Crippen molar-refractivity contribution in [1.82, 2.24) is 19.7 Å². The van der Waals surface area contributed by atoms with Crippen LogP contribution in [0.1, 0.15) is 55.3 Å². The lowest BCUT2D eigenvalue weighted by molar-refractivity contribution is -0.118. The molecule has 0 aliphatic heterocycles. The van der Waals surface area contributed by atoms with Gasteiger partial charge >= 0.3 is 5.69 Å². The Morgan fingerprint density at radius 3 is 2.53 bits per heavy atom. The fourth-order valence-electron chi connectivity index (χ4n) is 3.76. The SMILES string of the molecule is NC(=O)CCn1c(=O)cnn(-c2ccc(Cl)c(C(=O)NCC3(O)CCCCCC3)c2)c1=O. The van der Waals surface area contributed by atoms with E-state index >= 15 is 0 Å². The number of nitrogens with two attached hydrogens (primary N) is 1. The van der Waals surface area contributed by atoms with Crippen molar-refractivity contribution in [3.63, 3.8) is 0 Å². The van der Waals surface area contributed by atoms with Crippen LogP contribution in [0, 0.1) is 0 Å². The number of primary amides is 1. The summed E-state index contributed by atoms with van der Waals surface area (Å²) in [5.74, 6) is -1.15. The van der Waals surface area contributed by atoms with Gasteiger partial charge in [0.05, 0.1) is 21.9 Å². The molecule has 10 nitrogen and oxygen atoms in total. The monoisotopic (exact) mass is 463 g/mol. The van der Waals surface area contributed by atoms with Crippen molar-refractivity contribution in [2.45, 2.75) is 57.1 Å². The Hall–Kier alpha value is -2.98. The van der Waals surface area contributed by atoms with Crippen molar-refractivity contribution >= 4 is 23.4 Å². The molecule has 0 saturated heterocycles. The normalized spacial score (nSPS) is 15.7. The Kier molecular flexibility index (Phi) is 7.47. The molecule has 172 valence electrons. The van der Waals surface area contributed by atoms with E-state index in [-0.39, 0.29) is 35.8 Å². The van der Waals surface area contributed by atoms with E-state index < -0.39 is 28.7 Å². The minimum Gasteiger partial charge on any atom is -0.388 e. The van der Waals surface area contributed by atoms with Crippen molar-refractivity contribution in [3.05, 3.63) is 55.8 Å². The predicted octanol–water partition coefficient (Wildman–Crippen LogP) is 0.738. The summed E-state index contributed by atoms with van der Waals surface area (Å²) in [5, 5.41) is 17.5. The molecule has 0 unspecified atom stereocenters. The zero-order chi connectivity index (χ0) is 23.3. The molecule has 1 heterocycles. The van der Waals surface area contributed by atoms with Gasteiger partial charge in [-0.15, -0.1) is 0 Å². The van der Waals surface area contributed by atoms with E-state index in [1.165, 1.54) is 18.2 Å². The van der Waals surface area contributed by atoms with Crippen LogP contribution in [0.5, 0.6) is 0 Å². The van der Waals surface area contributed by atoms with Gasteiger partial charge in [0.1, 0.15) is 6.20 Å². The van der Waals surface area contributed by atoms with Crippen LogP contribution in [0.3, 0.4) is 0 Å².